The quantitative estimate of drug-likeness (QED) is 0.617. The van der Waals surface area contributed by atoms with E-state index in [1.165, 1.54) is 0 Å². The summed E-state index contributed by atoms with van der Waals surface area (Å²) in [5.74, 6) is 3.39. The number of fused-ring (bicyclic) bond motifs is 1. The van der Waals surface area contributed by atoms with E-state index >= 15 is 0 Å². The molecular weight excluding hydrogens is 484 g/mol. The van der Waals surface area contributed by atoms with E-state index in [-0.39, 0.29) is 12.1 Å². The summed E-state index contributed by atoms with van der Waals surface area (Å²) >= 11 is 5.95. The number of aliphatic hydroxyl groups excluding tert-OH is 1. The van der Waals surface area contributed by atoms with Crippen molar-refractivity contribution in [1.82, 2.24) is 19.9 Å². The number of nitrogens with zero attached hydrogens (tertiary/aromatic N) is 5. The van der Waals surface area contributed by atoms with Gasteiger partial charge in [-0.25, -0.2) is 15.0 Å². The van der Waals surface area contributed by atoms with Gasteiger partial charge in [0, 0.05) is 42.6 Å². The number of aliphatic hydroxyl groups is 1. The van der Waals surface area contributed by atoms with Crippen molar-refractivity contribution < 1.29 is 9.32 Å². The first-order valence-corrected chi connectivity index (χ1v) is 14.6. The first-order chi connectivity index (χ1) is 17.0. The summed E-state index contributed by atoms with van der Waals surface area (Å²) in [7, 11) is -1.11. The monoisotopic (exact) mass is 516 g/mol. The Morgan fingerprint density at radius 2 is 1.83 bits per heavy atom. The second-order valence-electron chi connectivity index (χ2n) is 11.0. The molecule has 3 fully saturated rings. The molecule has 0 aromatic carbocycles. The summed E-state index contributed by atoms with van der Waals surface area (Å²) in [6.07, 6.45) is 13.5. The molecule has 0 bridgehead atoms. The van der Waals surface area contributed by atoms with Crippen LogP contribution in [0.4, 0.5) is 11.8 Å². The molecule has 0 radical (unpaired) electrons. The van der Waals surface area contributed by atoms with Gasteiger partial charge in [0.05, 0.1) is 33.7 Å². The Morgan fingerprint density at radius 1 is 1.09 bits per heavy atom. The molecule has 2 saturated carbocycles. The number of nitrogens with one attached hydrogen (secondary N) is 1. The number of aryl methyl sites for hydroxylation is 1. The van der Waals surface area contributed by atoms with Crippen molar-refractivity contribution in [2.24, 2.45) is 5.41 Å². The summed E-state index contributed by atoms with van der Waals surface area (Å²) < 4.78 is 13.1. The molecule has 2 N–H and O–H groups in total. The Labute approximate surface area is 213 Å². The topological polar surface area (TPSA) is 104 Å². The summed E-state index contributed by atoms with van der Waals surface area (Å²) in [5.41, 5.74) is 0.884. The van der Waals surface area contributed by atoms with Crippen LogP contribution in [0.3, 0.4) is 0 Å². The molecular formula is C25H33ClN6O2S. The van der Waals surface area contributed by atoms with Crippen LogP contribution in [0.25, 0.3) is 0 Å². The highest BCUT2D eigenvalue weighted by Gasteiger charge is 2.47. The summed E-state index contributed by atoms with van der Waals surface area (Å²) in [6, 6.07) is 0. The number of hydrogen-bond donors (Lipinski definition) is 2. The van der Waals surface area contributed by atoms with Crippen molar-refractivity contribution in [2.75, 3.05) is 35.7 Å². The zero-order valence-corrected chi connectivity index (χ0v) is 21.6. The second-order valence-corrected chi connectivity index (χ2v) is 12.9. The summed E-state index contributed by atoms with van der Waals surface area (Å²) in [6.45, 7) is 1.97. The molecule has 1 unspecified atom stereocenters. The predicted molar refractivity (Wildman–Crippen MR) is 136 cm³/mol. The zero-order chi connectivity index (χ0) is 24.0. The second kappa shape index (κ2) is 9.23. The molecule has 4 heterocycles. The smallest absolute Gasteiger partial charge is 0.227 e. The van der Waals surface area contributed by atoms with Gasteiger partial charge in [-0.1, -0.05) is 11.6 Å². The lowest BCUT2D eigenvalue weighted by Crippen LogP contribution is -2.58. The van der Waals surface area contributed by atoms with Gasteiger partial charge in [-0.3, -0.25) is 4.21 Å². The van der Waals surface area contributed by atoms with Crippen molar-refractivity contribution >= 4 is 34.2 Å². The number of hydrogen-bond acceptors (Lipinski definition) is 8. The van der Waals surface area contributed by atoms with E-state index < -0.39 is 10.8 Å². The van der Waals surface area contributed by atoms with Crippen LogP contribution in [0.15, 0.2) is 17.3 Å². The van der Waals surface area contributed by atoms with Crippen molar-refractivity contribution in [2.45, 2.75) is 80.6 Å². The molecule has 2 aromatic rings. The average Bonchev–Trinajstić information content (AvgIpc) is 3.01. The van der Waals surface area contributed by atoms with Crippen molar-refractivity contribution in [3.63, 3.8) is 0 Å². The van der Waals surface area contributed by atoms with Gasteiger partial charge in [0.2, 0.25) is 5.95 Å². The van der Waals surface area contributed by atoms with Gasteiger partial charge in [-0.15, -0.1) is 0 Å². The van der Waals surface area contributed by atoms with Crippen LogP contribution in [0.1, 0.15) is 75.2 Å². The molecule has 1 atom stereocenters. The summed E-state index contributed by atoms with van der Waals surface area (Å²) in [4.78, 5) is 21.8. The van der Waals surface area contributed by atoms with E-state index in [4.69, 9.17) is 21.6 Å². The van der Waals surface area contributed by atoms with Crippen LogP contribution in [0.5, 0.6) is 0 Å². The molecule has 10 heteroatoms. The number of anilines is 2. The lowest BCUT2D eigenvalue weighted by atomic mass is 9.66. The van der Waals surface area contributed by atoms with Crippen molar-refractivity contribution in [3.8, 4) is 0 Å². The normalized spacial score (nSPS) is 25.3. The van der Waals surface area contributed by atoms with Gasteiger partial charge >= 0.3 is 0 Å². The van der Waals surface area contributed by atoms with E-state index in [1.54, 1.807) is 12.4 Å². The maximum Gasteiger partial charge on any atom is 0.227 e. The van der Waals surface area contributed by atoms with Gasteiger partial charge < -0.3 is 15.3 Å². The molecule has 8 nitrogen and oxygen atoms in total. The molecule has 2 aromatic heterocycles. The maximum absolute atomic E-state index is 13.1. The average molecular weight is 517 g/mol. The highest BCUT2D eigenvalue weighted by molar-refractivity contribution is 7.85. The third-order valence-corrected chi connectivity index (χ3v) is 10.3. The number of halogens is 1. The SMILES string of the molecule is O=S1CCCCc2nc(N3CC4(CCC(c5ncc(Cl)cn5)CC4)C3)nc(NC3(CO)CCC3)c21. The Bertz CT molecular complexity index is 1100. The summed E-state index contributed by atoms with van der Waals surface area (Å²) in [5, 5.41) is 14.1. The molecule has 2 aliphatic heterocycles. The molecule has 2 aliphatic carbocycles. The minimum atomic E-state index is -1.11. The molecule has 0 amide bonds. The standard InChI is InChI=1S/C25H33ClN6O2S/c26-18-12-27-21(28-13-18)17-5-9-24(10-6-17)14-32(15-24)23-29-19-4-1-2-11-35(34)20(19)22(30-23)31-25(16-33)7-3-8-25/h12-13,17,33H,1-11,14-16H2,(H,29,30,31). The highest BCUT2D eigenvalue weighted by atomic mass is 35.5. The van der Waals surface area contributed by atoms with Gasteiger partial charge in [0.1, 0.15) is 16.5 Å². The molecule has 188 valence electrons. The van der Waals surface area contributed by atoms with E-state index in [1.807, 2.05) is 0 Å². The zero-order valence-electron chi connectivity index (χ0n) is 20.0. The third kappa shape index (κ3) is 4.44. The van der Waals surface area contributed by atoms with Crippen molar-refractivity contribution in [3.05, 3.63) is 28.9 Å². The lowest BCUT2D eigenvalue weighted by molar-refractivity contribution is 0.124. The maximum atomic E-state index is 13.1. The Hall–Kier alpha value is -1.84. The minimum Gasteiger partial charge on any atom is -0.394 e. The van der Waals surface area contributed by atoms with Crippen LogP contribution in [-0.2, 0) is 17.2 Å². The van der Waals surface area contributed by atoms with Crippen LogP contribution >= 0.6 is 11.6 Å². The number of aromatic nitrogens is 4. The first kappa shape index (κ1) is 23.6. The van der Waals surface area contributed by atoms with E-state index in [0.717, 1.165) is 99.7 Å². The molecule has 1 spiro atoms. The van der Waals surface area contributed by atoms with Crippen LogP contribution in [0.2, 0.25) is 5.02 Å². The number of rotatable bonds is 5. The van der Waals surface area contributed by atoms with Crippen LogP contribution in [0, 0.1) is 5.41 Å². The lowest BCUT2D eigenvalue weighted by Gasteiger charge is -2.53. The molecule has 4 aliphatic rings. The third-order valence-electron chi connectivity index (χ3n) is 8.53. The van der Waals surface area contributed by atoms with Crippen LogP contribution < -0.4 is 10.2 Å². The van der Waals surface area contributed by atoms with Gasteiger partial charge in [0.25, 0.3) is 0 Å². The largest absolute Gasteiger partial charge is 0.394 e. The Balaban J connectivity index is 1.19. The van der Waals surface area contributed by atoms with Gasteiger partial charge in [-0.05, 0) is 64.2 Å². The Morgan fingerprint density at radius 3 is 2.49 bits per heavy atom. The minimum absolute atomic E-state index is 0.0685. The molecule has 6 rings (SSSR count). The fourth-order valence-corrected chi connectivity index (χ4v) is 7.66. The first-order valence-electron chi connectivity index (χ1n) is 12.9. The van der Waals surface area contributed by atoms with Crippen molar-refractivity contribution in [1.29, 1.82) is 0 Å². The molecule has 1 saturated heterocycles. The van der Waals surface area contributed by atoms with Gasteiger partial charge in [-0.2, -0.15) is 4.98 Å². The fraction of sp³-hybridized carbons (Fsp3) is 0.680. The Kier molecular flexibility index (Phi) is 6.21. The van der Waals surface area contributed by atoms with Crippen LogP contribution in [-0.4, -0.2) is 60.2 Å². The van der Waals surface area contributed by atoms with E-state index in [9.17, 15) is 9.32 Å². The van der Waals surface area contributed by atoms with E-state index in [0.29, 0.717) is 27.9 Å². The fourth-order valence-electron chi connectivity index (χ4n) is 6.17. The highest BCUT2D eigenvalue weighted by Crippen LogP contribution is 2.49. The molecule has 35 heavy (non-hydrogen) atoms. The van der Waals surface area contributed by atoms with Gasteiger partial charge in [0.15, 0.2) is 0 Å². The predicted octanol–water partition coefficient (Wildman–Crippen LogP) is 3.86. The van der Waals surface area contributed by atoms with E-state index in [2.05, 4.69) is 20.2 Å².